The number of nitrogens with one attached hydrogen (secondary N) is 1. The summed E-state index contributed by atoms with van der Waals surface area (Å²) in [5.74, 6) is 0.825. The molecule has 2 rings (SSSR count). The Morgan fingerprint density at radius 1 is 1.43 bits per heavy atom. The Balaban J connectivity index is 2.47. The zero-order chi connectivity index (χ0) is 15.4. The summed E-state index contributed by atoms with van der Waals surface area (Å²) in [6.45, 7) is 6.01. The Hall–Kier alpha value is -0.370. The monoisotopic (exact) mass is 435 g/mol. The summed E-state index contributed by atoms with van der Waals surface area (Å²) >= 11 is 8.87. The van der Waals surface area contributed by atoms with Crippen molar-refractivity contribution in [3.63, 3.8) is 0 Å². The summed E-state index contributed by atoms with van der Waals surface area (Å²) in [4.78, 5) is 1.23. The summed E-state index contributed by atoms with van der Waals surface area (Å²) in [5.41, 5.74) is 1.08. The summed E-state index contributed by atoms with van der Waals surface area (Å²) in [5, 5.41) is 8.03. The van der Waals surface area contributed by atoms with Gasteiger partial charge in [-0.3, -0.25) is 4.68 Å². The molecule has 0 fully saturated rings. The molecule has 1 atom stereocenters. The van der Waals surface area contributed by atoms with Crippen LogP contribution in [0.25, 0.3) is 0 Å². The van der Waals surface area contributed by atoms with E-state index in [-0.39, 0.29) is 6.04 Å². The van der Waals surface area contributed by atoms with Gasteiger partial charge >= 0.3 is 0 Å². The van der Waals surface area contributed by atoms with E-state index in [9.17, 15) is 0 Å². The molecule has 2 aromatic heterocycles. The third-order valence-corrected chi connectivity index (χ3v) is 6.51. The highest BCUT2D eigenvalue weighted by molar-refractivity contribution is 9.13. The van der Waals surface area contributed by atoms with Crippen LogP contribution >= 0.6 is 43.2 Å². The number of thiophene rings is 1. The Morgan fingerprint density at radius 3 is 2.71 bits per heavy atom. The van der Waals surface area contributed by atoms with Gasteiger partial charge in [0.2, 0.25) is 0 Å². The maximum absolute atomic E-state index is 5.51. The first kappa shape index (κ1) is 17.0. The van der Waals surface area contributed by atoms with E-state index in [1.54, 1.807) is 24.6 Å². The van der Waals surface area contributed by atoms with Crippen molar-refractivity contribution in [1.82, 2.24) is 15.1 Å². The fourth-order valence-corrected chi connectivity index (χ4v) is 4.37. The van der Waals surface area contributed by atoms with Gasteiger partial charge in [0.25, 0.3) is 0 Å². The maximum Gasteiger partial charge on any atom is 0.161 e. The number of halogens is 2. The van der Waals surface area contributed by atoms with Gasteiger partial charge in [0.05, 0.1) is 23.1 Å². The molecule has 0 spiro atoms. The van der Waals surface area contributed by atoms with Crippen LogP contribution in [-0.4, -0.2) is 23.4 Å². The zero-order valence-electron chi connectivity index (χ0n) is 12.3. The van der Waals surface area contributed by atoms with Crippen molar-refractivity contribution in [2.45, 2.75) is 32.9 Å². The minimum Gasteiger partial charge on any atom is -0.493 e. The lowest BCUT2D eigenvalue weighted by Gasteiger charge is -2.19. The lowest BCUT2D eigenvalue weighted by Crippen LogP contribution is -2.25. The Morgan fingerprint density at radius 2 is 2.19 bits per heavy atom. The van der Waals surface area contributed by atoms with Crippen molar-refractivity contribution in [1.29, 1.82) is 0 Å². The lowest BCUT2D eigenvalue weighted by molar-refractivity contribution is 0.399. The van der Waals surface area contributed by atoms with E-state index in [2.05, 4.69) is 62.2 Å². The standard InChI is InChI=1S/C14H19Br2N3OS/c1-4-6-17-12(11-7-9(15)14(16)21-11)13-10(20-3)8-18-19(13)5-2/h7-8,12,17H,4-6H2,1-3H3. The van der Waals surface area contributed by atoms with Crippen LogP contribution in [0.1, 0.15) is 36.9 Å². The van der Waals surface area contributed by atoms with Crippen molar-refractivity contribution >= 4 is 43.2 Å². The normalized spacial score (nSPS) is 12.6. The molecule has 0 bridgehead atoms. The third-order valence-electron chi connectivity index (χ3n) is 3.18. The van der Waals surface area contributed by atoms with Crippen molar-refractivity contribution in [3.05, 3.63) is 31.1 Å². The summed E-state index contributed by atoms with van der Waals surface area (Å²) in [6.07, 6.45) is 2.87. The number of hydrogen-bond donors (Lipinski definition) is 1. The molecule has 0 aliphatic carbocycles. The van der Waals surface area contributed by atoms with Crippen LogP contribution in [0.3, 0.4) is 0 Å². The molecule has 0 aliphatic heterocycles. The van der Waals surface area contributed by atoms with Gasteiger partial charge in [-0.25, -0.2) is 0 Å². The molecule has 4 nitrogen and oxygen atoms in total. The van der Waals surface area contributed by atoms with E-state index < -0.39 is 0 Å². The summed E-state index contributed by atoms with van der Waals surface area (Å²) in [6, 6.07) is 2.23. The van der Waals surface area contributed by atoms with Gasteiger partial charge in [-0.15, -0.1) is 11.3 Å². The second-order valence-corrected chi connectivity index (χ2v) is 7.83. The minimum atomic E-state index is 0.0787. The highest BCUT2D eigenvalue weighted by Gasteiger charge is 2.25. The second kappa shape index (κ2) is 7.76. The van der Waals surface area contributed by atoms with Crippen molar-refractivity contribution in [3.8, 4) is 5.75 Å². The number of ether oxygens (including phenoxy) is 1. The van der Waals surface area contributed by atoms with E-state index >= 15 is 0 Å². The van der Waals surface area contributed by atoms with Crippen LogP contribution < -0.4 is 10.1 Å². The van der Waals surface area contributed by atoms with E-state index in [0.717, 1.165) is 39.2 Å². The van der Waals surface area contributed by atoms with E-state index in [1.165, 1.54) is 4.88 Å². The van der Waals surface area contributed by atoms with Crippen LogP contribution in [0.4, 0.5) is 0 Å². The van der Waals surface area contributed by atoms with Gasteiger partial charge in [-0.2, -0.15) is 5.10 Å². The molecule has 0 aliphatic rings. The number of aromatic nitrogens is 2. The molecule has 0 aromatic carbocycles. The maximum atomic E-state index is 5.51. The van der Waals surface area contributed by atoms with Crippen LogP contribution in [0, 0.1) is 0 Å². The molecule has 0 radical (unpaired) electrons. The highest BCUT2D eigenvalue weighted by atomic mass is 79.9. The van der Waals surface area contributed by atoms with Gasteiger partial charge < -0.3 is 10.1 Å². The zero-order valence-corrected chi connectivity index (χ0v) is 16.3. The fourth-order valence-electron chi connectivity index (χ4n) is 2.20. The van der Waals surface area contributed by atoms with Crippen LogP contribution in [-0.2, 0) is 6.54 Å². The molecule has 0 amide bonds. The fraction of sp³-hybridized carbons (Fsp3) is 0.500. The van der Waals surface area contributed by atoms with Crippen LogP contribution in [0.15, 0.2) is 20.5 Å². The van der Waals surface area contributed by atoms with Crippen LogP contribution in [0.5, 0.6) is 5.75 Å². The van der Waals surface area contributed by atoms with Gasteiger partial charge in [0, 0.05) is 15.9 Å². The van der Waals surface area contributed by atoms with Gasteiger partial charge in [0.1, 0.15) is 5.69 Å². The highest BCUT2D eigenvalue weighted by Crippen LogP contribution is 2.39. The predicted octanol–water partition coefficient (Wildman–Crippen LogP) is 4.59. The van der Waals surface area contributed by atoms with E-state index in [4.69, 9.17) is 4.74 Å². The van der Waals surface area contributed by atoms with Crippen molar-refractivity contribution < 1.29 is 4.74 Å². The van der Waals surface area contributed by atoms with Gasteiger partial charge in [-0.1, -0.05) is 6.92 Å². The first-order valence-corrected chi connectivity index (χ1v) is 9.30. The third kappa shape index (κ3) is 3.70. The van der Waals surface area contributed by atoms with E-state index in [1.807, 2.05) is 4.68 Å². The number of aryl methyl sites for hydroxylation is 1. The predicted molar refractivity (Wildman–Crippen MR) is 94.3 cm³/mol. The average Bonchev–Trinajstić information content (AvgIpc) is 3.03. The Labute approximate surface area is 146 Å². The number of nitrogens with zero attached hydrogens (tertiary/aromatic N) is 2. The van der Waals surface area contributed by atoms with Crippen LogP contribution in [0.2, 0.25) is 0 Å². The van der Waals surface area contributed by atoms with Crippen molar-refractivity contribution in [2.75, 3.05) is 13.7 Å². The Bertz CT molecular complexity index is 556. The SMILES string of the molecule is CCCNC(c1cc(Br)c(Br)s1)c1c(OC)cnn1CC. The summed E-state index contributed by atoms with van der Waals surface area (Å²) < 4.78 is 9.67. The van der Waals surface area contributed by atoms with Gasteiger partial charge in [-0.05, 0) is 57.8 Å². The molecule has 7 heteroatoms. The molecule has 0 saturated carbocycles. The number of rotatable bonds is 7. The minimum absolute atomic E-state index is 0.0787. The molecule has 21 heavy (non-hydrogen) atoms. The molecular formula is C14H19Br2N3OS. The molecule has 1 unspecified atom stereocenters. The molecular weight excluding hydrogens is 418 g/mol. The van der Waals surface area contributed by atoms with Gasteiger partial charge in [0.15, 0.2) is 5.75 Å². The lowest BCUT2D eigenvalue weighted by atomic mass is 10.1. The smallest absolute Gasteiger partial charge is 0.161 e. The first-order valence-electron chi connectivity index (χ1n) is 6.90. The average molecular weight is 437 g/mol. The molecule has 116 valence electrons. The molecule has 2 heterocycles. The number of methoxy groups -OCH3 is 1. The topological polar surface area (TPSA) is 39.1 Å². The molecule has 2 aromatic rings. The van der Waals surface area contributed by atoms with E-state index in [0.29, 0.717) is 0 Å². The number of hydrogen-bond acceptors (Lipinski definition) is 4. The second-order valence-electron chi connectivity index (χ2n) is 4.57. The first-order chi connectivity index (χ1) is 10.1. The molecule has 1 N–H and O–H groups in total. The van der Waals surface area contributed by atoms with Crippen molar-refractivity contribution in [2.24, 2.45) is 0 Å². The summed E-state index contributed by atoms with van der Waals surface area (Å²) in [7, 11) is 1.69. The Kier molecular flexibility index (Phi) is 6.28. The largest absolute Gasteiger partial charge is 0.493 e. The molecule has 0 saturated heterocycles. The quantitative estimate of drug-likeness (QED) is 0.689.